The monoisotopic (exact) mass is 276 g/mol. The molecular formula is C15H20N2O3. The maximum Gasteiger partial charge on any atom is 0.335 e. The van der Waals surface area contributed by atoms with Crippen LogP contribution in [0.15, 0.2) is 24.3 Å². The van der Waals surface area contributed by atoms with Crippen LogP contribution in [0, 0.1) is 0 Å². The van der Waals surface area contributed by atoms with Crippen LogP contribution in [-0.4, -0.2) is 22.5 Å². The highest BCUT2D eigenvalue weighted by molar-refractivity contribution is 5.88. The highest BCUT2D eigenvalue weighted by Gasteiger charge is 2.34. The quantitative estimate of drug-likeness (QED) is 0.779. The van der Waals surface area contributed by atoms with Crippen molar-refractivity contribution in [3.63, 3.8) is 0 Å². The minimum absolute atomic E-state index is 0.141. The maximum absolute atomic E-state index is 12.2. The van der Waals surface area contributed by atoms with Crippen LogP contribution in [0.2, 0.25) is 0 Å². The Kier molecular flexibility index (Phi) is 4.39. The Morgan fingerprint density at radius 3 is 2.60 bits per heavy atom. The molecule has 0 radical (unpaired) electrons. The van der Waals surface area contributed by atoms with Gasteiger partial charge in [-0.1, -0.05) is 31.4 Å². The van der Waals surface area contributed by atoms with E-state index in [2.05, 4.69) is 5.32 Å². The molecule has 1 aliphatic rings. The van der Waals surface area contributed by atoms with Crippen molar-refractivity contribution in [1.29, 1.82) is 0 Å². The molecule has 0 bridgehead atoms. The number of aromatic carboxylic acids is 1. The Hall–Kier alpha value is -1.88. The summed E-state index contributed by atoms with van der Waals surface area (Å²) in [5, 5.41) is 11.7. The Labute approximate surface area is 118 Å². The zero-order valence-electron chi connectivity index (χ0n) is 11.4. The molecular weight excluding hydrogens is 256 g/mol. The summed E-state index contributed by atoms with van der Waals surface area (Å²) in [6, 6.07) is 6.55. The smallest absolute Gasteiger partial charge is 0.335 e. The van der Waals surface area contributed by atoms with E-state index in [1.807, 2.05) is 0 Å². The average molecular weight is 276 g/mol. The third-order valence-corrected chi connectivity index (χ3v) is 3.82. The van der Waals surface area contributed by atoms with Crippen LogP contribution >= 0.6 is 0 Å². The zero-order valence-corrected chi connectivity index (χ0v) is 11.4. The molecule has 5 heteroatoms. The van der Waals surface area contributed by atoms with Gasteiger partial charge in [0.2, 0.25) is 5.91 Å². The SMILES string of the molecule is NC1(C(=O)NCc2cccc(C(=O)O)c2)CCCCC1. The van der Waals surface area contributed by atoms with Crippen LogP contribution in [0.1, 0.15) is 48.0 Å². The molecule has 1 amide bonds. The van der Waals surface area contributed by atoms with Gasteiger partial charge >= 0.3 is 5.97 Å². The predicted molar refractivity (Wildman–Crippen MR) is 75.3 cm³/mol. The van der Waals surface area contributed by atoms with Gasteiger partial charge in [0.1, 0.15) is 0 Å². The Morgan fingerprint density at radius 2 is 1.95 bits per heavy atom. The molecule has 0 saturated heterocycles. The van der Waals surface area contributed by atoms with E-state index in [1.54, 1.807) is 18.2 Å². The summed E-state index contributed by atoms with van der Waals surface area (Å²) in [4.78, 5) is 23.0. The number of nitrogens with one attached hydrogen (secondary N) is 1. The number of nitrogens with two attached hydrogens (primary N) is 1. The molecule has 0 aliphatic heterocycles. The lowest BCUT2D eigenvalue weighted by atomic mass is 9.82. The fourth-order valence-electron chi connectivity index (χ4n) is 2.58. The van der Waals surface area contributed by atoms with Gasteiger partial charge in [-0.15, -0.1) is 0 Å². The standard InChI is InChI=1S/C15H20N2O3/c16-15(7-2-1-3-8-15)14(20)17-10-11-5-4-6-12(9-11)13(18)19/h4-6,9H,1-3,7-8,10,16H2,(H,17,20)(H,18,19). The second kappa shape index (κ2) is 6.05. The van der Waals surface area contributed by atoms with Gasteiger partial charge in [-0.2, -0.15) is 0 Å². The molecule has 1 aromatic rings. The van der Waals surface area contributed by atoms with E-state index in [0.29, 0.717) is 19.4 Å². The maximum atomic E-state index is 12.2. The summed E-state index contributed by atoms with van der Waals surface area (Å²) in [5.41, 5.74) is 6.36. The number of carboxylic acids is 1. The molecule has 5 nitrogen and oxygen atoms in total. The molecule has 1 aromatic carbocycles. The molecule has 1 aliphatic carbocycles. The average Bonchev–Trinajstić information content (AvgIpc) is 2.45. The van der Waals surface area contributed by atoms with E-state index >= 15 is 0 Å². The lowest BCUT2D eigenvalue weighted by molar-refractivity contribution is -0.127. The fraction of sp³-hybridized carbons (Fsp3) is 0.467. The first-order valence-corrected chi connectivity index (χ1v) is 6.91. The number of carbonyl (C=O) groups excluding carboxylic acids is 1. The minimum Gasteiger partial charge on any atom is -0.478 e. The highest BCUT2D eigenvalue weighted by Crippen LogP contribution is 2.26. The number of hydrogen-bond donors (Lipinski definition) is 3. The Bertz CT molecular complexity index is 508. The summed E-state index contributed by atoms with van der Waals surface area (Å²) in [6.45, 7) is 0.304. The molecule has 20 heavy (non-hydrogen) atoms. The van der Waals surface area contributed by atoms with Crippen molar-refractivity contribution in [3.8, 4) is 0 Å². The first kappa shape index (κ1) is 14.5. The van der Waals surface area contributed by atoms with Crippen LogP contribution in [-0.2, 0) is 11.3 Å². The first-order valence-electron chi connectivity index (χ1n) is 6.91. The van der Waals surface area contributed by atoms with Crippen molar-refractivity contribution >= 4 is 11.9 Å². The molecule has 108 valence electrons. The topological polar surface area (TPSA) is 92.4 Å². The van der Waals surface area contributed by atoms with E-state index in [9.17, 15) is 9.59 Å². The number of benzene rings is 1. The normalized spacial score (nSPS) is 17.4. The molecule has 1 fully saturated rings. The Balaban J connectivity index is 1.96. The van der Waals surface area contributed by atoms with Crippen molar-refractivity contribution in [2.45, 2.75) is 44.2 Å². The molecule has 1 saturated carbocycles. The molecule has 2 rings (SSSR count). The van der Waals surface area contributed by atoms with Crippen LogP contribution in [0.5, 0.6) is 0 Å². The summed E-state index contributed by atoms with van der Waals surface area (Å²) in [6.07, 6.45) is 4.53. The lowest BCUT2D eigenvalue weighted by Gasteiger charge is -2.31. The number of hydrogen-bond acceptors (Lipinski definition) is 3. The third kappa shape index (κ3) is 3.36. The molecule has 4 N–H and O–H groups in total. The largest absolute Gasteiger partial charge is 0.478 e. The van der Waals surface area contributed by atoms with Gasteiger partial charge in [-0.3, -0.25) is 4.79 Å². The predicted octanol–water partition coefficient (Wildman–Crippen LogP) is 1.66. The number of carbonyl (C=O) groups is 2. The molecule has 0 heterocycles. The van der Waals surface area contributed by atoms with Gasteiger partial charge in [-0.25, -0.2) is 4.79 Å². The summed E-state index contributed by atoms with van der Waals surface area (Å²) >= 11 is 0. The summed E-state index contributed by atoms with van der Waals surface area (Å²) in [5.74, 6) is -1.11. The van der Waals surface area contributed by atoms with Gasteiger partial charge in [0.25, 0.3) is 0 Å². The van der Waals surface area contributed by atoms with Gasteiger partial charge in [0.15, 0.2) is 0 Å². The second-order valence-electron chi connectivity index (χ2n) is 5.41. The van der Waals surface area contributed by atoms with Crippen LogP contribution in [0.3, 0.4) is 0 Å². The molecule has 0 atom stereocenters. The van der Waals surface area contributed by atoms with Gasteiger partial charge in [0, 0.05) is 6.54 Å². The lowest BCUT2D eigenvalue weighted by Crippen LogP contribution is -2.54. The van der Waals surface area contributed by atoms with Crippen LogP contribution in [0.4, 0.5) is 0 Å². The fourth-order valence-corrected chi connectivity index (χ4v) is 2.58. The van der Waals surface area contributed by atoms with E-state index in [4.69, 9.17) is 10.8 Å². The minimum atomic E-state index is -0.972. The van der Waals surface area contributed by atoms with E-state index < -0.39 is 11.5 Å². The number of amides is 1. The summed E-state index contributed by atoms with van der Waals surface area (Å²) < 4.78 is 0. The van der Waals surface area contributed by atoms with Crippen molar-refractivity contribution in [2.24, 2.45) is 5.73 Å². The molecule has 0 spiro atoms. The highest BCUT2D eigenvalue weighted by atomic mass is 16.4. The van der Waals surface area contributed by atoms with Crippen molar-refractivity contribution in [1.82, 2.24) is 5.32 Å². The zero-order chi connectivity index (χ0) is 14.6. The van der Waals surface area contributed by atoms with Gasteiger partial charge < -0.3 is 16.2 Å². The molecule has 0 aromatic heterocycles. The van der Waals surface area contributed by atoms with Crippen LogP contribution < -0.4 is 11.1 Å². The second-order valence-corrected chi connectivity index (χ2v) is 5.41. The van der Waals surface area contributed by atoms with Crippen molar-refractivity contribution < 1.29 is 14.7 Å². The van der Waals surface area contributed by atoms with E-state index in [0.717, 1.165) is 24.8 Å². The Morgan fingerprint density at radius 1 is 1.25 bits per heavy atom. The van der Waals surface area contributed by atoms with Gasteiger partial charge in [-0.05, 0) is 30.5 Å². The summed E-state index contributed by atoms with van der Waals surface area (Å²) in [7, 11) is 0. The van der Waals surface area contributed by atoms with Crippen LogP contribution in [0.25, 0.3) is 0 Å². The first-order chi connectivity index (χ1) is 9.51. The number of rotatable bonds is 4. The molecule has 0 unspecified atom stereocenters. The van der Waals surface area contributed by atoms with Crippen molar-refractivity contribution in [3.05, 3.63) is 35.4 Å². The van der Waals surface area contributed by atoms with Gasteiger partial charge in [0.05, 0.1) is 11.1 Å². The van der Waals surface area contributed by atoms with Crippen molar-refractivity contribution in [2.75, 3.05) is 0 Å². The third-order valence-electron chi connectivity index (χ3n) is 3.82. The number of carboxylic acid groups (broad SMARTS) is 1. The van der Waals surface area contributed by atoms with E-state index in [-0.39, 0.29) is 11.5 Å². The van der Waals surface area contributed by atoms with E-state index in [1.165, 1.54) is 6.07 Å².